The second-order valence-electron chi connectivity index (χ2n) is 6.30. The van der Waals surface area contributed by atoms with Crippen molar-refractivity contribution in [3.8, 4) is 5.75 Å². The monoisotopic (exact) mass is 385 g/mol. The summed E-state index contributed by atoms with van der Waals surface area (Å²) in [6.07, 6.45) is 1.76. The molecule has 3 rings (SSSR count). The van der Waals surface area contributed by atoms with Crippen LogP contribution in [0.5, 0.6) is 5.75 Å². The van der Waals surface area contributed by atoms with Crippen LogP contribution in [0.15, 0.2) is 53.6 Å². The smallest absolute Gasteiger partial charge is 0.191 e. The van der Waals surface area contributed by atoms with E-state index in [4.69, 9.17) is 21.7 Å². The molecule has 0 bridgehead atoms. The van der Waals surface area contributed by atoms with Crippen molar-refractivity contribution < 1.29 is 14.4 Å². The van der Waals surface area contributed by atoms with Gasteiger partial charge in [0.05, 0.1) is 26.5 Å². The molecule has 0 amide bonds. The highest BCUT2D eigenvalue weighted by molar-refractivity contribution is 7.80. The minimum Gasteiger partial charge on any atom is -0.496 e. The molecule has 1 fully saturated rings. The van der Waals surface area contributed by atoms with Gasteiger partial charge in [0.2, 0.25) is 0 Å². The van der Waals surface area contributed by atoms with Crippen molar-refractivity contribution >= 4 is 29.2 Å². The molecule has 0 radical (unpaired) electrons. The summed E-state index contributed by atoms with van der Waals surface area (Å²) in [6, 6.07) is 15.8. The van der Waals surface area contributed by atoms with E-state index in [-0.39, 0.29) is 0 Å². The third-order valence-corrected chi connectivity index (χ3v) is 4.55. The minimum absolute atomic E-state index is 0.448. The number of hydrogen-bond acceptors (Lipinski definition) is 4. The predicted octanol–water partition coefficient (Wildman–Crippen LogP) is 1.43. The molecule has 1 saturated heterocycles. The molecule has 2 aromatic rings. The van der Waals surface area contributed by atoms with E-state index >= 15 is 0 Å². The Morgan fingerprint density at radius 2 is 2.00 bits per heavy atom. The number of anilines is 1. The summed E-state index contributed by atoms with van der Waals surface area (Å²) in [5.74, 6) is 0.903. The number of hydrazone groups is 1. The molecule has 1 aliphatic rings. The molecule has 6 nitrogen and oxygen atoms in total. The molecule has 3 N–H and O–H groups in total. The maximum Gasteiger partial charge on any atom is 0.191 e. The van der Waals surface area contributed by atoms with Crippen LogP contribution in [0.4, 0.5) is 5.69 Å². The van der Waals surface area contributed by atoms with Crippen LogP contribution in [0, 0.1) is 0 Å². The molecule has 7 heteroatoms. The van der Waals surface area contributed by atoms with Gasteiger partial charge in [-0.2, -0.15) is 5.10 Å². The van der Waals surface area contributed by atoms with Crippen LogP contribution < -0.4 is 20.4 Å². The number of quaternary nitrogens is 1. The molecular weight excluding hydrogens is 360 g/mol. The molecule has 0 aliphatic carbocycles. The minimum atomic E-state index is 0.448. The first-order valence-corrected chi connectivity index (χ1v) is 9.39. The Bertz CT molecular complexity index is 777. The van der Waals surface area contributed by atoms with Crippen LogP contribution in [0.3, 0.4) is 0 Å². The van der Waals surface area contributed by atoms with Gasteiger partial charge in [0, 0.05) is 11.3 Å². The van der Waals surface area contributed by atoms with Gasteiger partial charge in [0.15, 0.2) is 5.11 Å². The van der Waals surface area contributed by atoms with Crippen molar-refractivity contribution in [2.24, 2.45) is 5.10 Å². The first-order valence-electron chi connectivity index (χ1n) is 8.98. The molecule has 0 spiro atoms. The summed E-state index contributed by atoms with van der Waals surface area (Å²) in [4.78, 5) is 1.50. The third kappa shape index (κ3) is 6.02. The Balaban J connectivity index is 1.59. The normalized spacial score (nSPS) is 14.9. The number of benzene rings is 2. The van der Waals surface area contributed by atoms with E-state index in [1.165, 1.54) is 10.5 Å². The lowest BCUT2D eigenvalue weighted by atomic mass is 10.1. The van der Waals surface area contributed by atoms with Crippen LogP contribution in [0.2, 0.25) is 0 Å². The van der Waals surface area contributed by atoms with Crippen molar-refractivity contribution in [1.82, 2.24) is 5.43 Å². The Labute approximate surface area is 165 Å². The van der Waals surface area contributed by atoms with Gasteiger partial charge in [-0.15, -0.1) is 0 Å². The molecule has 1 heterocycles. The summed E-state index contributed by atoms with van der Waals surface area (Å²) in [7, 11) is 1.70. The van der Waals surface area contributed by atoms with Gasteiger partial charge in [-0.05, 0) is 48.1 Å². The van der Waals surface area contributed by atoms with Crippen molar-refractivity contribution in [1.29, 1.82) is 0 Å². The van der Waals surface area contributed by atoms with Gasteiger partial charge in [-0.3, -0.25) is 5.43 Å². The fourth-order valence-corrected chi connectivity index (χ4v) is 3.14. The third-order valence-electron chi connectivity index (χ3n) is 4.36. The number of rotatable bonds is 6. The molecule has 1 aliphatic heterocycles. The quantitative estimate of drug-likeness (QED) is 0.399. The van der Waals surface area contributed by atoms with Crippen LogP contribution >= 0.6 is 12.2 Å². The van der Waals surface area contributed by atoms with Gasteiger partial charge in [-0.1, -0.05) is 18.2 Å². The first-order chi connectivity index (χ1) is 13.2. The second-order valence-corrected chi connectivity index (χ2v) is 6.71. The van der Waals surface area contributed by atoms with Gasteiger partial charge in [0.25, 0.3) is 0 Å². The largest absolute Gasteiger partial charge is 0.496 e. The van der Waals surface area contributed by atoms with Crippen LogP contribution in [0.25, 0.3) is 0 Å². The van der Waals surface area contributed by atoms with Gasteiger partial charge < -0.3 is 19.7 Å². The topological polar surface area (TPSA) is 59.3 Å². The Kier molecular flexibility index (Phi) is 7.15. The SMILES string of the molecule is COc1ccc(/C=N\NC(=S)Nc2ccccc2)cc1C[NH+]1CCOCC1. The van der Waals surface area contributed by atoms with E-state index in [9.17, 15) is 0 Å². The summed E-state index contributed by atoms with van der Waals surface area (Å²) in [5.41, 5.74) is 5.93. The zero-order valence-corrected chi connectivity index (χ0v) is 16.2. The highest BCUT2D eigenvalue weighted by Gasteiger charge is 2.16. The van der Waals surface area contributed by atoms with E-state index in [0.717, 1.165) is 49.8 Å². The van der Waals surface area contributed by atoms with E-state index in [2.05, 4.69) is 21.9 Å². The fraction of sp³-hybridized carbons (Fsp3) is 0.300. The predicted molar refractivity (Wildman–Crippen MR) is 112 cm³/mol. The zero-order valence-electron chi connectivity index (χ0n) is 15.4. The number of ether oxygens (including phenoxy) is 2. The Morgan fingerprint density at radius 3 is 2.74 bits per heavy atom. The standard InChI is InChI=1S/C20H24N4O2S/c1-25-19-8-7-16(13-17(19)15-24-9-11-26-12-10-24)14-21-23-20(27)22-18-5-3-2-4-6-18/h2-8,13-14H,9-12,15H2,1H3,(H2,22,23,27)/p+1/b21-14-. The van der Waals surface area contributed by atoms with Gasteiger partial charge >= 0.3 is 0 Å². The number of morpholine rings is 1. The van der Waals surface area contributed by atoms with Crippen LogP contribution in [-0.2, 0) is 11.3 Å². The lowest BCUT2D eigenvalue weighted by molar-refractivity contribution is -0.921. The lowest BCUT2D eigenvalue weighted by Crippen LogP contribution is -3.12. The van der Waals surface area contributed by atoms with E-state index in [1.54, 1.807) is 13.3 Å². The van der Waals surface area contributed by atoms with E-state index in [0.29, 0.717) is 5.11 Å². The Morgan fingerprint density at radius 1 is 1.22 bits per heavy atom. The Hall–Kier alpha value is -2.48. The van der Waals surface area contributed by atoms with Gasteiger partial charge in [0.1, 0.15) is 25.4 Å². The first kappa shape index (κ1) is 19.3. The van der Waals surface area contributed by atoms with Crippen molar-refractivity contribution in [3.05, 3.63) is 59.7 Å². The van der Waals surface area contributed by atoms with Crippen LogP contribution in [-0.4, -0.2) is 44.7 Å². The second kappa shape index (κ2) is 10.0. The molecule has 0 unspecified atom stereocenters. The fourth-order valence-electron chi connectivity index (χ4n) is 2.97. The average Bonchev–Trinajstić information content (AvgIpc) is 2.70. The van der Waals surface area contributed by atoms with Crippen molar-refractivity contribution in [2.45, 2.75) is 6.54 Å². The van der Waals surface area contributed by atoms with Crippen molar-refractivity contribution in [3.63, 3.8) is 0 Å². The molecule has 142 valence electrons. The van der Waals surface area contributed by atoms with E-state index in [1.807, 2.05) is 42.5 Å². The molecule has 0 saturated carbocycles. The number of nitrogens with zero attached hydrogens (tertiary/aromatic N) is 1. The molecule has 27 heavy (non-hydrogen) atoms. The highest BCUT2D eigenvalue weighted by atomic mass is 32.1. The average molecular weight is 386 g/mol. The number of hydrogen-bond donors (Lipinski definition) is 3. The number of para-hydroxylation sites is 1. The number of thiocarbonyl (C=S) groups is 1. The van der Waals surface area contributed by atoms with Crippen LogP contribution in [0.1, 0.15) is 11.1 Å². The molecule has 2 aromatic carbocycles. The number of nitrogens with one attached hydrogen (secondary N) is 3. The number of methoxy groups -OCH3 is 1. The van der Waals surface area contributed by atoms with E-state index < -0.39 is 0 Å². The summed E-state index contributed by atoms with van der Waals surface area (Å²) >= 11 is 5.25. The molecule has 0 atom stereocenters. The van der Waals surface area contributed by atoms with Crippen molar-refractivity contribution in [2.75, 3.05) is 38.7 Å². The zero-order chi connectivity index (χ0) is 18.9. The molecular formula is C20H25N4O2S+. The maximum atomic E-state index is 5.52. The maximum absolute atomic E-state index is 5.52. The summed E-state index contributed by atoms with van der Waals surface area (Å²) in [6.45, 7) is 4.57. The lowest BCUT2D eigenvalue weighted by Gasteiger charge is -2.24. The highest BCUT2D eigenvalue weighted by Crippen LogP contribution is 2.18. The van der Waals surface area contributed by atoms with Gasteiger partial charge in [-0.25, -0.2) is 0 Å². The summed E-state index contributed by atoms with van der Waals surface area (Å²) < 4.78 is 11.0. The molecule has 0 aromatic heterocycles. The summed E-state index contributed by atoms with van der Waals surface area (Å²) in [5, 5.41) is 7.77.